The van der Waals surface area contributed by atoms with E-state index in [2.05, 4.69) is 4.99 Å². The van der Waals surface area contributed by atoms with E-state index in [4.69, 9.17) is 4.74 Å². The summed E-state index contributed by atoms with van der Waals surface area (Å²) < 4.78 is 5.30. The number of nitrogens with zero attached hydrogens (tertiary/aromatic N) is 3. The maximum Gasteiger partial charge on any atom is 0.195 e. The number of ether oxygens (including phenoxy) is 1. The zero-order valence-electron chi connectivity index (χ0n) is 10.9. The summed E-state index contributed by atoms with van der Waals surface area (Å²) in [4.78, 5) is 8.49. The molecule has 15 heavy (non-hydrogen) atoms. The minimum atomic E-state index is -0.197. The second kappa shape index (κ2) is 7.27. The Morgan fingerprint density at radius 3 is 1.80 bits per heavy atom. The van der Waals surface area contributed by atoms with E-state index in [-0.39, 0.29) is 29.6 Å². The Bertz CT molecular complexity index is 193. The van der Waals surface area contributed by atoms with Gasteiger partial charge < -0.3 is 14.5 Å². The van der Waals surface area contributed by atoms with Crippen LogP contribution in [0.25, 0.3) is 0 Å². The fourth-order valence-electron chi connectivity index (χ4n) is 1.01. The van der Waals surface area contributed by atoms with Gasteiger partial charge in [0.2, 0.25) is 0 Å². The quantitative estimate of drug-likeness (QED) is 0.446. The zero-order chi connectivity index (χ0) is 11.4. The molecule has 0 saturated carbocycles. The van der Waals surface area contributed by atoms with Gasteiger partial charge in [-0.05, 0) is 13.8 Å². The first-order valence-corrected chi connectivity index (χ1v) is 4.74. The van der Waals surface area contributed by atoms with Gasteiger partial charge in [0.25, 0.3) is 0 Å². The second-order valence-corrected chi connectivity index (χ2v) is 4.37. The highest BCUT2D eigenvalue weighted by atomic mass is 127. The first-order valence-electron chi connectivity index (χ1n) is 4.74. The van der Waals surface area contributed by atoms with Crippen LogP contribution in [0.1, 0.15) is 13.8 Å². The van der Waals surface area contributed by atoms with Crippen LogP contribution < -0.4 is 0 Å². The third kappa shape index (κ3) is 6.94. The smallest absolute Gasteiger partial charge is 0.195 e. The lowest BCUT2D eigenvalue weighted by atomic mass is 10.1. The highest BCUT2D eigenvalue weighted by Gasteiger charge is 2.16. The van der Waals surface area contributed by atoms with Gasteiger partial charge in [0.15, 0.2) is 5.96 Å². The molecule has 0 fully saturated rings. The number of hydrogen-bond acceptors (Lipinski definition) is 2. The van der Waals surface area contributed by atoms with Crippen molar-refractivity contribution in [1.82, 2.24) is 9.80 Å². The van der Waals surface area contributed by atoms with Crippen LogP contribution in [0.5, 0.6) is 0 Å². The molecule has 92 valence electrons. The van der Waals surface area contributed by atoms with E-state index in [0.29, 0.717) is 6.54 Å². The molecule has 0 radical (unpaired) electrons. The fourth-order valence-corrected chi connectivity index (χ4v) is 1.01. The predicted molar refractivity (Wildman–Crippen MR) is 76.2 cm³/mol. The molecule has 0 unspecified atom stereocenters. The highest BCUT2D eigenvalue weighted by Crippen LogP contribution is 2.07. The summed E-state index contributed by atoms with van der Waals surface area (Å²) in [5, 5.41) is 0. The standard InChI is InChI=1S/C10H23N3O.HI/c1-10(2,14-7)8-11-9(12(3)4)13(5)6;/h8H2,1-7H3;1H. The monoisotopic (exact) mass is 329 g/mol. The van der Waals surface area contributed by atoms with Gasteiger partial charge in [-0.1, -0.05) is 0 Å². The van der Waals surface area contributed by atoms with E-state index in [1.54, 1.807) is 7.11 Å². The molecule has 0 aromatic carbocycles. The van der Waals surface area contributed by atoms with Crippen LogP contribution in [0, 0.1) is 0 Å². The number of guanidine groups is 1. The summed E-state index contributed by atoms with van der Waals surface area (Å²) in [5.74, 6) is 0.954. The molecule has 0 N–H and O–H groups in total. The molecule has 0 rings (SSSR count). The normalized spacial score (nSPS) is 10.3. The zero-order valence-corrected chi connectivity index (χ0v) is 13.2. The Hall–Kier alpha value is -0.0400. The molecule has 0 heterocycles. The lowest BCUT2D eigenvalue weighted by molar-refractivity contribution is 0.0308. The first kappa shape index (κ1) is 17.4. The van der Waals surface area contributed by atoms with Crippen LogP contribution in [0.15, 0.2) is 4.99 Å². The van der Waals surface area contributed by atoms with Crippen molar-refractivity contribution in [2.75, 3.05) is 41.8 Å². The minimum Gasteiger partial charge on any atom is -0.377 e. The van der Waals surface area contributed by atoms with Crippen LogP contribution in [0.3, 0.4) is 0 Å². The summed E-state index contributed by atoms with van der Waals surface area (Å²) in [6.07, 6.45) is 0. The Morgan fingerprint density at radius 1 is 1.13 bits per heavy atom. The Labute approximate surface area is 111 Å². The van der Waals surface area contributed by atoms with E-state index in [9.17, 15) is 0 Å². The van der Waals surface area contributed by atoms with Crippen LogP contribution >= 0.6 is 24.0 Å². The van der Waals surface area contributed by atoms with Crippen LogP contribution in [0.2, 0.25) is 0 Å². The van der Waals surface area contributed by atoms with Gasteiger partial charge in [-0.3, -0.25) is 0 Å². The molecule has 0 aliphatic carbocycles. The number of halogens is 1. The van der Waals surface area contributed by atoms with Gasteiger partial charge in [0.05, 0.1) is 12.1 Å². The van der Waals surface area contributed by atoms with E-state index in [0.717, 1.165) is 5.96 Å². The maximum atomic E-state index is 5.30. The lowest BCUT2D eigenvalue weighted by Crippen LogP contribution is -2.37. The van der Waals surface area contributed by atoms with Crippen molar-refractivity contribution in [3.63, 3.8) is 0 Å². The van der Waals surface area contributed by atoms with Crippen molar-refractivity contribution in [2.45, 2.75) is 19.4 Å². The average Bonchev–Trinajstić information content (AvgIpc) is 2.03. The molecule has 0 bridgehead atoms. The number of hydrogen-bond donors (Lipinski definition) is 0. The topological polar surface area (TPSA) is 28.1 Å². The van der Waals surface area contributed by atoms with Crippen molar-refractivity contribution in [2.24, 2.45) is 4.99 Å². The lowest BCUT2D eigenvalue weighted by Gasteiger charge is -2.26. The van der Waals surface area contributed by atoms with Crippen LogP contribution in [-0.2, 0) is 4.74 Å². The third-order valence-corrected chi connectivity index (χ3v) is 1.95. The van der Waals surface area contributed by atoms with Crippen molar-refractivity contribution in [3.05, 3.63) is 0 Å². The van der Waals surface area contributed by atoms with Crippen LogP contribution in [0.4, 0.5) is 0 Å². The fraction of sp³-hybridized carbons (Fsp3) is 0.900. The molecule has 0 aliphatic heterocycles. The van der Waals surface area contributed by atoms with Gasteiger partial charge in [0, 0.05) is 35.3 Å². The Balaban J connectivity index is 0. The molecule has 4 nitrogen and oxygen atoms in total. The van der Waals surface area contributed by atoms with Gasteiger partial charge in [0.1, 0.15) is 0 Å². The molecule has 0 aliphatic rings. The van der Waals surface area contributed by atoms with Crippen molar-refractivity contribution >= 4 is 29.9 Å². The molecule has 5 heteroatoms. The minimum absolute atomic E-state index is 0. The molecular formula is C10H24IN3O. The SMILES string of the molecule is COC(C)(C)CN=C(N(C)C)N(C)C.I. The van der Waals surface area contributed by atoms with Crippen molar-refractivity contribution in [1.29, 1.82) is 0 Å². The number of rotatable bonds is 3. The molecule has 0 amide bonds. The molecule has 0 aromatic rings. The van der Waals surface area contributed by atoms with Crippen molar-refractivity contribution in [3.8, 4) is 0 Å². The molecule has 0 atom stereocenters. The van der Waals surface area contributed by atoms with E-state index >= 15 is 0 Å². The summed E-state index contributed by atoms with van der Waals surface area (Å²) >= 11 is 0. The summed E-state index contributed by atoms with van der Waals surface area (Å²) in [7, 11) is 9.65. The van der Waals surface area contributed by atoms with Crippen LogP contribution in [-0.4, -0.2) is 63.2 Å². The maximum absolute atomic E-state index is 5.30. The molecule has 0 aromatic heterocycles. The Morgan fingerprint density at radius 2 is 1.53 bits per heavy atom. The first-order chi connectivity index (χ1) is 6.30. The second-order valence-electron chi connectivity index (χ2n) is 4.37. The molecule has 0 spiro atoms. The van der Waals surface area contributed by atoms with E-state index < -0.39 is 0 Å². The highest BCUT2D eigenvalue weighted by molar-refractivity contribution is 14.0. The largest absolute Gasteiger partial charge is 0.377 e. The van der Waals surface area contributed by atoms with Gasteiger partial charge in [-0.15, -0.1) is 24.0 Å². The van der Waals surface area contributed by atoms with E-state index in [1.165, 1.54) is 0 Å². The number of aliphatic imine (C=N–C) groups is 1. The summed E-state index contributed by atoms with van der Waals surface area (Å²) in [6.45, 7) is 4.72. The summed E-state index contributed by atoms with van der Waals surface area (Å²) in [6, 6.07) is 0. The van der Waals surface area contributed by atoms with Gasteiger partial charge in [-0.25, -0.2) is 4.99 Å². The molecular weight excluding hydrogens is 305 g/mol. The Kier molecular flexibility index (Phi) is 8.41. The average molecular weight is 329 g/mol. The molecule has 0 saturated heterocycles. The van der Waals surface area contributed by atoms with E-state index in [1.807, 2.05) is 51.8 Å². The third-order valence-electron chi connectivity index (χ3n) is 1.95. The predicted octanol–water partition coefficient (Wildman–Crippen LogP) is 1.51. The summed E-state index contributed by atoms with van der Waals surface area (Å²) in [5.41, 5.74) is -0.197. The van der Waals surface area contributed by atoms with Gasteiger partial charge >= 0.3 is 0 Å². The van der Waals surface area contributed by atoms with Gasteiger partial charge in [-0.2, -0.15) is 0 Å². The van der Waals surface area contributed by atoms with Crippen molar-refractivity contribution < 1.29 is 4.74 Å². The number of methoxy groups -OCH3 is 1.